The van der Waals surface area contributed by atoms with Crippen LogP contribution in [-0.2, 0) is 17.8 Å². The van der Waals surface area contributed by atoms with Crippen molar-refractivity contribution in [3.63, 3.8) is 0 Å². The number of aromatic amines is 1. The van der Waals surface area contributed by atoms with Crippen LogP contribution in [0.4, 0.5) is 5.95 Å². The Morgan fingerprint density at radius 1 is 1.33 bits per heavy atom. The minimum absolute atomic E-state index is 0.101. The molecular weight excluding hydrogens is 342 g/mol. The second kappa shape index (κ2) is 7.46. The van der Waals surface area contributed by atoms with Gasteiger partial charge in [0.1, 0.15) is 11.6 Å². The highest BCUT2D eigenvalue weighted by molar-refractivity contribution is 5.91. The first kappa shape index (κ1) is 18.4. The van der Waals surface area contributed by atoms with E-state index in [9.17, 15) is 9.59 Å². The number of pyridine rings is 1. The molecule has 0 radical (unpaired) electrons. The number of hydrogen-bond donors (Lipinski definition) is 2. The Labute approximate surface area is 156 Å². The van der Waals surface area contributed by atoms with Gasteiger partial charge in [0.15, 0.2) is 0 Å². The van der Waals surface area contributed by atoms with Crippen LogP contribution in [0.1, 0.15) is 35.7 Å². The van der Waals surface area contributed by atoms with E-state index in [-0.39, 0.29) is 17.9 Å². The summed E-state index contributed by atoms with van der Waals surface area (Å²) in [6.45, 7) is 6.21. The van der Waals surface area contributed by atoms with Crippen LogP contribution in [0.5, 0.6) is 0 Å². The minimum Gasteiger partial charge on any atom is -0.325 e. The van der Waals surface area contributed by atoms with Gasteiger partial charge in [-0.2, -0.15) is 5.26 Å². The zero-order chi connectivity index (χ0) is 19.6. The predicted octanol–water partition coefficient (Wildman–Crippen LogP) is 2.80. The number of nitriles is 1. The first-order chi connectivity index (χ1) is 13.0. The van der Waals surface area contributed by atoms with E-state index in [1.54, 1.807) is 13.8 Å². The van der Waals surface area contributed by atoms with Crippen molar-refractivity contribution in [1.29, 1.82) is 5.26 Å². The molecule has 7 nitrogen and oxygen atoms in total. The van der Waals surface area contributed by atoms with Crippen molar-refractivity contribution in [2.75, 3.05) is 5.32 Å². The Bertz CT molecular complexity index is 1120. The third kappa shape index (κ3) is 3.47. The Kier molecular flexibility index (Phi) is 5.08. The lowest BCUT2D eigenvalue weighted by atomic mass is 9.99. The zero-order valence-corrected chi connectivity index (χ0v) is 15.6. The second-order valence-electron chi connectivity index (χ2n) is 6.39. The molecule has 138 valence electrons. The van der Waals surface area contributed by atoms with Crippen molar-refractivity contribution >= 4 is 22.9 Å². The molecular formula is C20H21N5O2. The third-order valence-corrected chi connectivity index (χ3v) is 4.74. The summed E-state index contributed by atoms with van der Waals surface area (Å²) in [4.78, 5) is 31.5. The van der Waals surface area contributed by atoms with Gasteiger partial charge in [-0.25, -0.2) is 4.98 Å². The van der Waals surface area contributed by atoms with E-state index in [1.165, 1.54) is 0 Å². The molecule has 7 heteroatoms. The van der Waals surface area contributed by atoms with Crippen molar-refractivity contribution in [3.05, 3.63) is 57.0 Å². The molecule has 0 spiro atoms. The number of nitrogens with one attached hydrogen (secondary N) is 2. The molecule has 0 fully saturated rings. The van der Waals surface area contributed by atoms with E-state index in [1.807, 2.05) is 41.8 Å². The van der Waals surface area contributed by atoms with Crippen LogP contribution in [0.3, 0.4) is 0 Å². The number of H-pyrrole nitrogens is 1. The summed E-state index contributed by atoms with van der Waals surface area (Å²) in [5, 5.41) is 12.0. The summed E-state index contributed by atoms with van der Waals surface area (Å²) in [5.74, 6) is 0.361. The summed E-state index contributed by atoms with van der Waals surface area (Å²) >= 11 is 0. The predicted molar refractivity (Wildman–Crippen MR) is 104 cm³/mol. The van der Waals surface area contributed by atoms with Crippen molar-refractivity contribution in [3.8, 4) is 6.07 Å². The first-order valence-corrected chi connectivity index (χ1v) is 8.83. The van der Waals surface area contributed by atoms with Crippen molar-refractivity contribution < 1.29 is 4.79 Å². The molecule has 0 bridgehead atoms. The summed E-state index contributed by atoms with van der Waals surface area (Å²) in [6.07, 6.45) is 0.660. The van der Waals surface area contributed by atoms with Gasteiger partial charge in [-0.05, 0) is 50.5 Å². The lowest BCUT2D eigenvalue weighted by Crippen LogP contribution is -2.19. The number of aryl methyl sites for hydroxylation is 2. The van der Waals surface area contributed by atoms with Crippen LogP contribution in [0, 0.1) is 25.2 Å². The molecule has 2 heterocycles. The smallest absolute Gasteiger partial charge is 0.266 e. The molecule has 1 aromatic carbocycles. The average Bonchev–Trinajstić information content (AvgIpc) is 2.98. The number of benzene rings is 1. The number of imidazole rings is 1. The van der Waals surface area contributed by atoms with Gasteiger partial charge in [0, 0.05) is 18.7 Å². The summed E-state index contributed by atoms with van der Waals surface area (Å²) < 4.78 is 1.96. The molecule has 1 amide bonds. The van der Waals surface area contributed by atoms with Gasteiger partial charge in [0.25, 0.3) is 5.56 Å². The number of fused-ring (bicyclic) bond motifs is 1. The Hall–Kier alpha value is -3.40. The highest BCUT2D eigenvalue weighted by Crippen LogP contribution is 2.20. The van der Waals surface area contributed by atoms with E-state index in [4.69, 9.17) is 5.26 Å². The van der Waals surface area contributed by atoms with Crippen LogP contribution in [0.15, 0.2) is 29.1 Å². The van der Waals surface area contributed by atoms with Crippen LogP contribution in [0.2, 0.25) is 0 Å². The van der Waals surface area contributed by atoms with Crippen LogP contribution in [-0.4, -0.2) is 20.4 Å². The number of para-hydroxylation sites is 2. The summed E-state index contributed by atoms with van der Waals surface area (Å²) in [7, 11) is 0. The monoisotopic (exact) mass is 363 g/mol. The third-order valence-electron chi connectivity index (χ3n) is 4.74. The van der Waals surface area contributed by atoms with Gasteiger partial charge >= 0.3 is 0 Å². The summed E-state index contributed by atoms with van der Waals surface area (Å²) in [5.41, 5.74) is 3.66. The molecule has 0 aliphatic rings. The second-order valence-corrected chi connectivity index (χ2v) is 6.39. The van der Waals surface area contributed by atoms with Crippen LogP contribution >= 0.6 is 0 Å². The molecule has 0 unspecified atom stereocenters. The van der Waals surface area contributed by atoms with Gasteiger partial charge in [-0.15, -0.1) is 0 Å². The minimum atomic E-state index is -0.391. The maximum absolute atomic E-state index is 12.5. The number of aromatic nitrogens is 3. The van der Waals surface area contributed by atoms with Gasteiger partial charge in [-0.1, -0.05) is 12.1 Å². The Balaban J connectivity index is 1.79. The zero-order valence-electron chi connectivity index (χ0n) is 15.6. The number of carbonyl (C=O) groups excluding carboxylic acids is 1. The highest BCUT2D eigenvalue weighted by Gasteiger charge is 2.15. The molecule has 3 rings (SSSR count). The van der Waals surface area contributed by atoms with Gasteiger partial charge in [0.05, 0.1) is 11.0 Å². The number of anilines is 1. The number of carbonyl (C=O) groups is 1. The lowest BCUT2D eigenvalue weighted by molar-refractivity contribution is -0.116. The maximum atomic E-state index is 12.5. The molecule has 0 aliphatic heterocycles. The maximum Gasteiger partial charge on any atom is 0.266 e. The highest BCUT2D eigenvalue weighted by atomic mass is 16.1. The Morgan fingerprint density at radius 2 is 2.07 bits per heavy atom. The van der Waals surface area contributed by atoms with E-state index < -0.39 is 5.56 Å². The fourth-order valence-corrected chi connectivity index (χ4v) is 3.34. The Morgan fingerprint density at radius 3 is 2.78 bits per heavy atom. The van der Waals surface area contributed by atoms with Crippen molar-refractivity contribution in [2.45, 2.75) is 40.2 Å². The molecule has 2 aromatic heterocycles. The van der Waals surface area contributed by atoms with Crippen LogP contribution in [0.25, 0.3) is 11.0 Å². The number of rotatable bonds is 5. The van der Waals surface area contributed by atoms with E-state index >= 15 is 0 Å². The summed E-state index contributed by atoms with van der Waals surface area (Å²) in [6, 6.07) is 9.66. The van der Waals surface area contributed by atoms with E-state index in [2.05, 4.69) is 15.3 Å². The SMILES string of the molecule is CCn1c(NC(=O)CCc2c(C)[nH]c(=O)c(C#N)c2C)nc2ccccc21. The van der Waals surface area contributed by atoms with E-state index in [0.717, 1.165) is 16.6 Å². The fourth-order valence-electron chi connectivity index (χ4n) is 3.34. The quantitative estimate of drug-likeness (QED) is 0.727. The normalized spacial score (nSPS) is 10.7. The molecule has 2 N–H and O–H groups in total. The molecule has 0 saturated carbocycles. The van der Waals surface area contributed by atoms with E-state index in [0.29, 0.717) is 30.2 Å². The van der Waals surface area contributed by atoms with Gasteiger partial charge < -0.3 is 9.55 Å². The average molecular weight is 363 g/mol. The van der Waals surface area contributed by atoms with Crippen LogP contribution < -0.4 is 10.9 Å². The number of nitrogens with zero attached hydrogens (tertiary/aromatic N) is 3. The molecule has 0 aliphatic carbocycles. The standard InChI is InChI=1S/C20H21N5O2/c1-4-25-17-8-6-5-7-16(17)23-20(25)24-18(26)10-9-14-12(2)15(11-21)19(27)22-13(14)3/h5-8H,4,9-10H2,1-3H3,(H,22,27)(H,23,24,26). The molecule has 27 heavy (non-hydrogen) atoms. The van der Waals surface area contributed by atoms with Gasteiger partial charge in [-0.3, -0.25) is 14.9 Å². The first-order valence-electron chi connectivity index (χ1n) is 8.83. The fraction of sp³-hybridized carbons (Fsp3) is 0.300. The van der Waals surface area contributed by atoms with Crippen molar-refractivity contribution in [2.24, 2.45) is 0 Å². The lowest BCUT2D eigenvalue weighted by Gasteiger charge is -2.11. The number of amides is 1. The molecule has 3 aromatic rings. The topological polar surface area (TPSA) is 104 Å². The largest absolute Gasteiger partial charge is 0.325 e. The molecule has 0 saturated heterocycles. The van der Waals surface area contributed by atoms with Crippen molar-refractivity contribution in [1.82, 2.24) is 14.5 Å². The van der Waals surface area contributed by atoms with Gasteiger partial charge in [0.2, 0.25) is 11.9 Å². The molecule has 0 atom stereocenters. The number of hydrogen-bond acceptors (Lipinski definition) is 4.